The monoisotopic (exact) mass is 483 g/mol. The maximum Gasteiger partial charge on any atom is 0.251 e. The molecule has 9 nitrogen and oxygen atoms in total. The van der Waals surface area contributed by atoms with Crippen LogP contribution < -0.4 is 21.3 Å². The Morgan fingerprint density at radius 3 is 2.58 bits per heavy atom. The number of thioether (sulfide) groups is 1. The van der Waals surface area contributed by atoms with Gasteiger partial charge in [0.15, 0.2) is 4.34 Å². The molecule has 0 aliphatic carbocycles. The summed E-state index contributed by atoms with van der Waals surface area (Å²) in [7, 11) is 1.56. The first kappa shape index (κ1) is 22.7. The molecule has 33 heavy (non-hydrogen) atoms. The zero-order valence-corrected chi connectivity index (χ0v) is 19.3. The Morgan fingerprint density at radius 1 is 1.12 bits per heavy atom. The van der Waals surface area contributed by atoms with E-state index in [4.69, 9.17) is 0 Å². The van der Waals surface area contributed by atoms with Gasteiger partial charge in [-0.05, 0) is 42.5 Å². The number of nitrogens with zero attached hydrogens (tertiary/aromatic N) is 1. The molecule has 2 heterocycles. The molecular weight excluding hydrogens is 462 g/mol. The van der Waals surface area contributed by atoms with Gasteiger partial charge >= 0.3 is 0 Å². The van der Waals surface area contributed by atoms with E-state index in [0.29, 0.717) is 23.5 Å². The Kier molecular flexibility index (Phi) is 6.90. The van der Waals surface area contributed by atoms with Crippen molar-refractivity contribution in [3.63, 3.8) is 0 Å². The van der Waals surface area contributed by atoms with Gasteiger partial charge in [-0.1, -0.05) is 11.8 Å². The van der Waals surface area contributed by atoms with Gasteiger partial charge in [-0.3, -0.25) is 19.2 Å². The first-order valence-corrected chi connectivity index (χ1v) is 11.9. The molecule has 0 saturated carbocycles. The highest BCUT2D eigenvalue weighted by molar-refractivity contribution is 8.01. The molecule has 4 rings (SSSR count). The van der Waals surface area contributed by atoms with Gasteiger partial charge in [0.2, 0.25) is 17.7 Å². The minimum absolute atomic E-state index is 0.111. The number of aromatic nitrogens is 1. The van der Waals surface area contributed by atoms with E-state index in [-0.39, 0.29) is 41.7 Å². The molecule has 1 aromatic heterocycles. The number of hydrogen-bond donors (Lipinski definition) is 4. The number of hydrogen-bond acceptors (Lipinski definition) is 7. The summed E-state index contributed by atoms with van der Waals surface area (Å²) in [5.74, 6) is -0.846. The number of benzene rings is 2. The number of carbonyl (C=O) groups excluding carboxylic acids is 4. The summed E-state index contributed by atoms with van der Waals surface area (Å²) in [6.07, 6.45) is 0.204. The molecule has 0 radical (unpaired) electrons. The molecule has 4 N–H and O–H groups in total. The molecule has 2 aromatic carbocycles. The Labute approximate surface area is 197 Å². The molecule has 170 valence electrons. The second kappa shape index (κ2) is 10.0. The Morgan fingerprint density at radius 2 is 1.88 bits per heavy atom. The van der Waals surface area contributed by atoms with E-state index in [0.717, 1.165) is 14.6 Å². The van der Waals surface area contributed by atoms with Crippen molar-refractivity contribution in [2.45, 2.75) is 10.8 Å². The average molecular weight is 484 g/mol. The lowest BCUT2D eigenvalue weighted by Gasteiger charge is -2.08. The maximum atomic E-state index is 12.3. The molecule has 1 saturated heterocycles. The lowest BCUT2D eigenvalue weighted by molar-refractivity contribution is -0.123. The van der Waals surface area contributed by atoms with Gasteiger partial charge in [0.25, 0.3) is 5.91 Å². The molecule has 1 aliphatic rings. The first-order valence-electron chi connectivity index (χ1n) is 10.1. The molecule has 1 aliphatic heterocycles. The van der Waals surface area contributed by atoms with Crippen molar-refractivity contribution in [3.05, 3.63) is 48.0 Å². The number of nitrogens with one attached hydrogen (secondary N) is 4. The largest absolute Gasteiger partial charge is 0.355 e. The highest BCUT2D eigenvalue weighted by Gasteiger charge is 2.27. The lowest BCUT2D eigenvalue weighted by atomic mass is 10.1. The highest BCUT2D eigenvalue weighted by atomic mass is 32.2. The molecule has 11 heteroatoms. The summed E-state index contributed by atoms with van der Waals surface area (Å²) in [6.45, 7) is 0.356. The molecule has 1 atom stereocenters. The summed E-state index contributed by atoms with van der Waals surface area (Å²) in [6, 6.07) is 12.1. The third-order valence-corrected chi connectivity index (χ3v) is 7.13. The summed E-state index contributed by atoms with van der Waals surface area (Å²) in [4.78, 5) is 52.0. The number of carbonyl (C=O) groups is 4. The molecule has 1 unspecified atom stereocenters. The van der Waals surface area contributed by atoms with Crippen LogP contribution in [-0.2, 0) is 14.4 Å². The van der Waals surface area contributed by atoms with E-state index in [1.54, 1.807) is 37.4 Å². The number of rotatable bonds is 7. The third kappa shape index (κ3) is 5.68. The average Bonchev–Trinajstić information content (AvgIpc) is 3.43. The Hall–Kier alpha value is -3.44. The van der Waals surface area contributed by atoms with Crippen molar-refractivity contribution in [1.29, 1.82) is 0 Å². The van der Waals surface area contributed by atoms with Crippen LogP contribution in [-0.4, -0.2) is 48.0 Å². The van der Waals surface area contributed by atoms with Gasteiger partial charge in [-0.25, -0.2) is 4.98 Å². The van der Waals surface area contributed by atoms with Gasteiger partial charge in [-0.2, -0.15) is 0 Å². The molecule has 0 spiro atoms. The fourth-order valence-electron chi connectivity index (χ4n) is 3.25. The van der Waals surface area contributed by atoms with E-state index in [2.05, 4.69) is 26.3 Å². The van der Waals surface area contributed by atoms with Crippen molar-refractivity contribution in [2.75, 3.05) is 30.0 Å². The predicted octanol–water partition coefficient (Wildman–Crippen LogP) is 2.46. The summed E-state index contributed by atoms with van der Waals surface area (Å²) < 4.78 is 1.63. The topological polar surface area (TPSA) is 129 Å². The minimum Gasteiger partial charge on any atom is -0.355 e. The van der Waals surface area contributed by atoms with Crippen LogP contribution in [0.25, 0.3) is 10.2 Å². The summed E-state index contributed by atoms with van der Waals surface area (Å²) >= 11 is 2.76. The van der Waals surface area contributed by atoms with E-state index < -0.39 is 0 Å². The lowest BCUT2D eigenvalue weighted by Crippen LogP contribution is -2.24. The number of anilines is 2. The van der Waals surface area contributed by atoms with Gasteiger partial charge in [0.1, 0.15) is 0 Å². The minimum atomic E-state index is -0.362. The molecule has 1 fully saturated rings. The quantitative estimate of drug-likeness (QED) is 0.382. The van der Waals surface area contributed by atoms with Gasteiger partial charge in [0.05, 0.1) is 21.9 Å². The number of amides is 4. The fraction of sp³-hybridized carbons (Fsp3) is 0.227. The van der Waals surface area contributed by atoms with E-state index in [1.807, 2.05) is 12.1 Å². The zero-order chi connectivity index (χ0) is 23.4. The predicted molar refractivity (Wildman–Crippen MR) is 129 cm³/mol. The Bertz CT molecular complexity index is 1230. The van der Waals surface area contributed by atoms with Crippen LogP contribution in [0.5, 0.6) is 0 Å². The van der Waals surface area contributed by atoms with E-state index >= 15 is 0 Å². The molecule has 0 bridgehead atoms. The van der Waals surface area contributed by atoms with Crippen LogP contribution in [0, 0.1) is 5.92 Å². The van der Waals surface area contributed by atoms with Crippen molar-refractivity contribution < 1.29 is 19.2 Å². The van der Waals surface area contributed by atoms with Crippen LogP contribution >= 0.6 is 23.1 Å². The van der Waals surface area contributed by atoms with Crippen LogP contribution in [0.1, 0.15) is 16.8 Å². The van der Waals surface area contributed by atoms with Crippen molar-refractivity contribution in [1.82, 2.24) is 15.6 Å². The van der Waals surface area contributed by atoms with Gasteiger partial charge < -0.3 is 21.3 Å². The van der Waals surface area contributed by atoms with Crippen molar-refractivity contribution >= 4 is 68.3 Å². The number of fused-ring (bicyclic) bond motifs is 1. The van der Waals surface area contributed by atoms with Crippen LogP contribution in [0.4, 0.5) is 11.4 Å². The standard InChI is InChI=1S/C22H21N5O4S2/c1-23-20(30)12-2-4-14(5-3-12)25-19(29)11-32-22-27-16-7-6-15(9-17(16)33-22)26-21(31)13-8-18(28)24-10-13/h2-7,9,13H,8,10-11H2,1H3,(H,23,30)(H,24,28)(H,25,29)(H,26,31). The molecule has 3 aromatic rings. The Balaban J connectivity index is 1.32. The van der Waals surface area contributed by atoms with Crippen LogP contribution in [0.2, 0.25) is 0 Å². The zero-order valence-electron chi connectivity index (χ0n) is 17.6. The van der Waals surface area contributed by atoms with Crippen molar-refractivity contribution in [3.8, 4) is 0 Å². The molecular formula is C22H21N5O4S2. The van der Waals surface area contributed by atoms with Gasteiger partial charge in [-0.15, -0.1) is 11.3 Å². The van der Waals surface area contributed by atoms with Crippen molar-refractivity contribution in [2.24, 2.45) is 5.92 Å². The van der Waals surface area contributed by atoms with Crippen LogP contribution in [0.15, 0.2) is 46.8 Å². The summed E-state index contributed by atoms with van der Waals surface area (Å²) in [5, 5.41) is 10.9. The number of thiazole rings is 1. The molecule has 4 amide bonds. The van der Waals surface area contributed by atoms with E-state index in [1.165, 1.54) is 23.1 Å². The summed E-state index contributed by atoms with van der Waals surface area (Å²) in [5.41, 5.74) is 2.55. The second-order valence-electron chi connectivity index (χ2n) is 7.35. The fourth-order valence-corrected chi connectivity index (χ4v) is 5.16. The smallest absolute Gasteiger partial charge is 0.251 e. The van der Waals surface area contributed by atoms with Crippen LogP contribution in [0.3, 0.4) is 0 Å². The SMILES string of the molecule is CNC(=O)c1ccc(NC(=O)CSc2nc3ccc(NC(=O)C4CNC(=O)C4)cc3s2)cc1. The third-order valence-electron chi connectivity index (χ3n) is 4.97. The second-order valence-corrected chi connectivity index (χ2v) is 9.60. The maximum absolute atomic E-state index is 12.3. The van der Waals surface area contributed by atoms with E-state index in [9.17, 15) is 19.2 Å². The normalized spacial score (nSPS) is 15.2. The first-order chi connectivity index (χ1) is 15.9. The highest BCUT2D eigenvalue weighted by Crippen LogP contribution is 2.31. The van der Waals surface area contributed by atoms with Gasteiger partial charge in [0, 0.05) is 37.0 Å².